The van der Waals surface area contributed by atoms with Gasteiger partial charge < -0.3 is 17.2 Å². The summed E-state index contributed by atoms with van der Waals surface area (Å²) < 4.78 is 0. The monoisotopic (exact) mass is 181 g/mol. The van der Waals surface area contributed by atoms with E-state index in [-0.39, 0.29) is 25.0 Å². The average molecular weight is 181 g/mol. The van der Waals surface area contributed by atoms with Gasteiger partial charge >= 0.3 is 18.9 Å². The molecule has 0 saturated carbocycles. The number of nitrogens with one attached hydrogen (secondary N) is 1. The van der Waals surface area contributed by atoms with Crippen molar-refractivity contribution >= 4 is 0 Å². The molecule has 0 aromatic carbocycles. The molecule has 0 saturated heterocycles. The number of unbranched alkanes of at least 4 members (excludes halogenated alkanes) is 1. The van der Waals surface area contributed by atoms with Gasteiger partial charge in [-0.25, -0.2) is 0 Å². The molecule has 0 aliphatic heterocycles. The van der Waals surface area contributed by atoms with E-state index in [4.69, 9.17) is 5.73 Å². The van der Waals surface area contributed by atoms with Gasteiger partial charge in [0.05, 0.1) is 0 Å². The first-order valence-electron chi connectivity index (χ1n) is 4.73. The van der Waals surface area contributed by atoms with Crippen LogP contribution in [0.25, 0.3) is 6.15 Å². The van der Waals surface area contributed by atoms with Gasteiger partial charge in [-0.05, 0) is 39.3 Å². The number of hydrogen-bond acceptors (Lipinski definition) is 2. The minimum absolute atomic E-state index is 0. The summed E-state index contributed by atoms with van der Waals surface area (Å²) in [7, 11) is 0. The first kappa shape index (κ1) is 19.1. The average Bonchev–Trinajstić information content (AvgIpc) is 1.96. The van der Waals surface area contributed by atoms with Crippen molar-refractivity contribution in [3.05, 3.63) is 6.15 Å². The van der Waals surface area contributed by atoms with Gasteiger partial charge in [0.25, 0.3) is 0 Å². The molecule has 0 rings (SSSR count). The number of rotatable bonds is 7. The molecule has 1 atom stereocenters. The molecule has 3 nitrogen and oxygen atoms in total. The summed E-state index contributed by atoms with van der Waals surface area (Å²) in [4.78, 5) is 0. The summed E-state index contributed by atoms with van der Waals surface area (Å²) in [5.74, 6) is 0. The Hall–Kier alpha value is 0.477. The molecule has 0 bridgehead atoms. The fraction of sp³-hybridized carbons (Fsp3) is 1.00. The smallest absolute Gasteiger partial charge is 0.693 e. The zero-order valence-corrected chi connectivity index (χ0v) is 9.47. The van der Waals surface area contributed by atoms with Crippen molar-refractivity contribution < 1.29 is 18.9 Å². The van der Waals surface area contributed by atoms with Crippen molar-refractivity contribution in [1.82, 2.24) is 5.32 Å². The molecule has 1 unspecified atom stereocenters. The second kappa shape index (κ2) is 15.0. The van der Waals surface area contributed by atoms with E-state index < -0.39 is 0 Å². The summed E-state index contributed by atoms with van der Waals surface area (Å²) in [6, 6.07) is 0.364. The Morgan fingerprint density at radius 2 is 1.77 bits per heavy atom. The van der Waals surface area contributed by atoms with E-state index in [1.54, 1.807) is 0 Å². The van der Waals surface area contributed by atoms with Crippen molar-refractivity contribution in [1.29, 1.82) is 0 Å². The zero-order chi connectivity index (χ0) is 8.53. The van der Waals surface area contributed by atoms with Crippen molar-refractivity contribution in [2.24, 2.45) is 5.73 Å². The van der Waals surface area contributed by atoms with E-state index in [2.05, 4.69) is 19.2 Å². The molecule has 4 heteroatoms. The standard InChI is InChI=1S/C9H22N2.Li.H2N/c1-3-4-7-11-8-5-6-9(2)10;;/h9,11H,3-8,10H2,1-2H3;;1H2/q;+1;-1. The topological polar surface area (TPSA) is 71.5 Å². The van der Waals surface area contributed by atoms with Crippen molar-refractivity contribution in [2.45, 2.75) is 45.6 Å². The molecule has 13 heavy (non-hydrogen) atoms. The maximum atomic E-state index is 5.61. The van der Waals surface area contributed by atoms with Gasteiger partial charge in [0.1, 0.15) is 0 Å². The third-order valence-electron chi connectivity index (χ3n) is 1.72. The van der Waals surface area contributed by atoms with E-state index in [9.17, 15) is 0 Å². The Kier molecular flexibility index (Phi) is 22.0. The van der Waals surface area contributed by atoms with Crippen LogP contribution in [0.5, 0.6) is 0 Å². The minimum Gasteiger partial charge on any atom is -0.693 e. The largest absolute Gasteiger partial charge is 1.00 e. The second-order valence-corrected chi connectivity index (χ2v) is 3.22. The number of hydrogen-bond donors (Lipinski definition) is 2. The summed E-state index contributed by atoms with van der Waals surface area (Å²) in [5, 5.41) is 3.39. The van der Waals surface area contributed by atoms with Gasteiger partial charge in [-0.2, -0.15) is 0 Å². The maximum Gasteiger partial charge on any atom is 1.00 e. The van der Waals surface area contributed by atoms with Crippen LogP contribution in [0.4, 0.5) is 0 Å². The molecule has 0 aromatic heterocycles. The Balaban J connectivity index is -0.000000500. The Morgan fingerprint density at radius 3 is 2.23 bits per heavy atom. The van der Waals surface area contributed by atoms with Crippen LogP contribution >= 0.6 is 0 Å². The van der Waals surface area contributed by atoms with Crippen LogP contribution < -0.4 is 29.9 Å². The molecule has 76 valence electrons. The number of nitrogens with two attached hydrogens (primary N) is 2. The third-order valence-corrected chi connectivity index (χ3v) is 1.72. The third kappa shape index (κ3) is 19.1. The summed E-state index contributed by atoms with van der Waals surface area (Å²) >= 11 is 0. The first-order chi connectivity index (χ1) is 5.27. The minimum atomic E-state index is 0. The maximum absolute atomic E-state index is 5.61. The Labute approximate surface area is 95.0 Å². The van der Waals surface area contributed by atoms with Crippen LogP contribution in [0.3, 0.4) is 0 Å². The zero-order valence-electron chi connectivity index (χ0n) is 9.47. The molecule has 5 N–H and O–H groups in total. The molecule has 0 amide bonds. The molecule has 0 spiro atoms. The first-order valence-corrected chi connectivity index (χ1v) is 4.73. The quantitative estimate of drug-likeness (QED) is 0.399. The van der Waals surface area contributed by atoms with Gasteiger partial charge in [0.2, 0.25) is 0 Å². The van der Waals surface area contributed by atoms with Crippen LogP contribution in [0.2, 0.25) is 0 Å². The van der Waals surface area contributed by atoms with Crippen LogP contribution in [-0.2, 0) is 0 Å². The molecule has 0 fully saturated rings. The van der Waals surface area contributed by atoms with Crippen molar-refractivity contribution in [3.63, 3.8) is 0 Å². The van der Waals surface area contributed by atoms with Crippen LogP contribution in [-0.4, -0.2) is 19.1 Å². The van der Waals surface area contributed by atoms with Gasteiger partial charge in [-0.15, -0.1) is 0 Å². The van der Waals surface area contributed by atoms with Crippen LogP contribution in [0, 0.1) is 0 Å². The summed E-state index contributed by atoms with van der Waals surface area (Å²) in [6.07, 6.45) is 4.92. The van der Waals surface area contributed by atoms with Crippen LogP contribution in [0.1, 0.15) is 39.5 Å². The molecule has 0 radical (unpaired) electrons. The Bertz CT molecular complexity index is 79.3. The molecular formula is C9H24LiN3. The molecular weight excluding hydrogens is 157 g/mol. The van der Waals surface area contributed by atoms with Crippen LogP contribution in [0.15, 0.2) is 0 Å². The Morgan fingerprint density at radius 1 is 1.23 bits per heavy atom. The van der Waals surface area contributed by atoms with Gasteiger partial charge in [0, 0.05) is 6.04 Å². The molecule has 0 aromatic rings. The van der Waals surface area contributed by atoms with Crippen molar-refractivity contribution in [2.75, 3.05) is 13.1 Å². The summed E-state index contributed by atoms with van der Waals surface area (Å²) in [6.45, 7) is 6.56. The van der Waals surface area contributed by atoms with E-state index in [0.29, 0.717) is 6.04 Å². The normalized spacial score (nSPS) is 11.3. The van der Waals surface area contributed by atoms with Gasteiger partial charge in [0.15, 0.2) is 0 Å². The van der Waals surface area contributed by atoms with E-state index >= 15 is 0 Å². The molecule has 0 aliphatic carbocycles. The van der Waals surface area contributed by atoms with Crippen molar-refractivity contribution in [3.8, 4) is 0 Å². The second-order valence-electron chi connectivity index (χ2n) is 3.22. The van der Waals surface area contributed by atoms with E-state index in [0.717, 1.165) is 19.5 Å². The molecule has 0 aliphatic rings. The van der Waals surface area contributed by atoms with Gasteiger partial charge in [-0.3, -0.25) is 0 Å². The summed E-state index contributed by atoms with van der Waals surface area (Å²) in [5.41, 5.74) is 5.61. The predicted octanol–water partition coefficient (Wildman–Crippen LogP) is -0.775. The molecule has 0 heterocycles. The van der Waals surface area contributed by atoms with Gasteiger partial charge in [-0.1, -0.05) is 13.3 Å². The van der Waals surface area contributed by atoms with E-state index in [1.807, 2.05) is 0 Å². The fourth-order valence-corrected chi connectivity index (χ4v) is 0.976. The van der Waals surface area contributed by atoms with E-state index in [1.165, 1.54) is 19.3 Å². The fourth-order valence-electron chi connectivity index (χ4n) is 0.976. The predicted molar refractivity (Wildman–Crippen MR) is 55.9 cm³/mol. The SMILES string of the molecule is CCCCNCCCC(C)N.[Li+].[NH2-].